The number of nitrogens with zero attached hydrogens (tertiary/aromatic N) is 1. The monoisotopic (exact) mass is 281 g/mol. The van der Waals surface area contributed by atoms with Gasteiger partial charge in [-0.2, -0.15) is 0 Å². The maximum Gasteiger partial charge on any atom is 0.310 e. The van der Waals surface area contributed by atoms with Gasteiger partial charge < -0.3 is 9.64 Å². The van der Waals surface area contributed by atoms with Crippen LogP contribution in [0, 0.1) is 12.8 Å². The fourth-order valence-corrected chi connectivity index (χ4v) is 2.43. The highest BCUT2D eigenvalue weighted by Crippen LogP contribution is 2.17. The molecule has 0 saturated heterocycles. The molecule has 1 amide bonds. The lowest BCUT2D eigenvalue weighted by Gasteiger charge is -2.18. The molecule has 4 nitrogen and oxygen atoms in total. The second-order valence-electron chi connectivity index (χ2n) is 4.44. The zero-order valence-electron chi connectivity index (χ0n) is 11.7. The predicted molar refractivity (Wildman–Crippen MR) is 76.9 cm³/mol. The van der Waals surface area contributed by atoms with Crippen LogP contribution in [0.3, 0.4) is 0 Å². The number of hydrogen-bond donors (Lipinski definition) is 0. The van der Waals surface area contributed by atoms with Crippen LogP contribution < -0.4 is 0 Å². The summed E-state index contributed by atoms with van der Waals surface area (Å²) >= 11 is 1.59. The lowest BCUT2D eigenvalue weighted by atomic mass is 10.1. The summed E-state index contributed by atoms with van der Waals surface area (Å²) in [7, 11) is 3.02. The third-order valence-electron chi connectivity index (χ3n) is 2.81. The molecule has 0 aliphatic heterocycles. The summed E-state index contributed by atoms with van der Waals surface area (Å²) in [5, 5.41) is 1.99. The Balaban J connectivity index is 2.56. The van der Waals surface area contributed by atoms with Crippen molar-refractivity contribution in [2.75, 3.05) is 20.7 Å². The molecule has 0 N–H and O–H groups in total. The van der Waals surface area contributed by atoms with Crippen LogP contribution in [0.4, 0.5) is 0 Å². The van der Waals surface area contributed by atoms with E-state index in [1.807, 2.05) is 24.4 Å². The fourth-order valence-electron chi connectivity index (χ4n) is 1.61. The molecule has 0 saturated carbocycles. The summed E-state index contributed by atoms with van der Waals surface area (Å²) in [6.07, 6.45) is 3.34. The molecule has 19 heavy (non-hydrogen) atoms. The molecule has 0 bridgehead atoms. The average Bonchev–Trinajstić information content (AvgIpc) is 2.80. The summed E-state index contributed by atoms with van der Waals surface area (Å²) in [6.45, 7) is 4.09. The molecule has 0 radical (unpaired) electrons. The van der Waals surface area contributed by atoms with E-state index >= 15 is 0 Å². The first-order chi connectivity index (χ1) is 8.95. The van der Waals surface area contributed by atoms with E-state index in [9.17, 15) is 9.59 Å². The van der Waals surface area contributed by atoms with E-state index in [1.165, 1.54) is 18.1 Å². The van der Waals surface area contributed by atoms with Crippen LogP contribution in [0.2, 0.25) is 0 Å². The third-order valence-corrected chi connectivity index (χ3v) is 3.79. The Labute approximate surface area is 117 Å². The maximum atomic E-state index is 11.9. The number of ether oxygens (including phenoxy) is 1. The van der Waals surface area contributed by atoms with Crippen molar-refractivity contribution in [1.29, 1.82) is 0 Å². The van der Waals surface area contributed by atoms with E-state index in [-0.39, 0.29) is 17.8 Å². The highest BCUT2D eigenvalue weighted by molar-refractivity contribution is 7.11. The largest absolute Gasteiger partial charge is 0.469 e. The van der Waals surface area contributed by atoms with E-state index in [2.05, 4.69) is 4.74 Å². The zero-order chi connectivity index (χ0) is 14.4. The molecule has 1 atom stereocenters. The lowest BCUT2D eigenvalue weighted by Crippen LogP contribution is -2.33. The standard InChI is InChI=1S/C14H19NO3S/c1-10-7-8-19-12(10)5-6-13(16)15(3)9-11(2)14(17)18-4/h5-8,11H,9H2,1-4H3. The van der Waals surface area contributed by atoms with E-state index in [0.717, 1.165) is 10.4 Å². The topological polar surface area (TPSA) is 46.6 Å². The highest BCUT2D eigenvalue weighted by atomic mass is 32.1. The fraction of sp³-hybridized carbons (Fsp3) is 0.429. The molecule has 0 spiro atoms. The van der Waals surface area contributed by atoms with Crippen molar-refractivity contribution in [1.82, 2.24) is 4.90 Å². The molecule has 1 aromatic heterocycles. The van der Waals surface area contributed by atoms with Gasteiger partial charge >= 0.3 is 5.97 Å². The Kier molecular flexibility index (Phi) is 5.76. The molecule has 1 unspecified atom stereocenters. The number of methoxy groups -OCH3 is 1. The molecule has 104 valence electrons. The van der Waals surface area contributed by atoms with Gasteiger partial charge in [-0.1, -0.05) is 6.92 Å². The maximum absolute atomic E-state index is 11.9. The van der Waals surface area contributed by atoms with Crippen molar-refractivity contribution in [3.05, 3.63) is 28.0 Å². The second-order valence-corrected chi connectivity index (χ2v) is 5.39. The molecule has 0 aromatic carbocycles. The van der Waals surface area contributed by atoms with E-state index < -0.39 is 0 Å². The lowest BCUT2D eigenvalue weighted by molar-refractivity contribution is -0.145. The SMILES string of the molecule is COC(=O)C(C)CN(C)C(=O)C=Cc1sccc1C. The summed E-state index contributed by atoms with van der Waals surface area (Å²) in [5.74, 6) is -0.753. The van der Waals surface area contributed by atoms with Crippen molar-refractivity contribution in [2.45, 2.75) is 13.8 Å². The van der Waals surface area contributed by atoms with Crippen LogP contribution in [0.15, 0.2) is 17.5 Å². The van der Waals surface area contributed by atoms with Crippen LogP contribution >= 0.6 is 11.3 Å². The molecule has 1 heterocycles. The first kappa shape index (κ1) is 15.4. The number of rotatable bonds is 5. The summed E-state index contributed by atoms with van der Waals surface area (Å²) in [4.78, 5) is 25.8. The van der Waals surface area contributed by atoms with Crippen LogP contribution in [0.25, 0.3) is 6.08 Å². The number of likely N-dealkylation sites (N-methyl/N-ethyl adjacent to an activating group) is 1. The van der Waals surface area contributed by atoms with Gasteiger partial charge in [-0.25, -0.2) is 0 Å². The van der Waals surface area contributed by atoms with Gasteiger partial charge in [-0.15, -0.1) is 11.3 Å². The second kappa shape index (κ2) is 7.09. The van der Waals surface area contributed by atoms with Gasteiger partial charge in [-0.3, -0.25) is 9.59 Å². The van der Waals surface area contributed by atoms with E-state index in [4.69, 9.17) is 0 Å². The van der Waals surface area contributed by atoms with Gasteiger partial charge in [0, 0.05) is 24.5 Å². The number of carbonyl (C=O) groups is 2. The van der Waals surface area contributed by atoms with Gasteiger partial charge in [-0.05, 0) is 30.0 Å². The predicted octanol–water partition coefficient (Wildman–Crippen LogP) is 2.34. The minimum atomic E-state index is -0.323. The molecule has 0 aliphatic carbocycles. The quantitative estimate of drug-likeness (QED) is 0.615. The van der Waals surface area contributed by atoms with Crippen LogP contribution in [0.5, 0.6) is 0 Å². The number of aryl methyl sites for hydroxylation is 1. The van der Waals surface area contributed by atoms with Crippen molar-refractivity contribution in [3.8, 4) is 0 Å². The normalized spacial score (nSPS) is 12.4. The van der Waals surface area contributed by atoms with Crippen LogP contribution in [-0.2, 0) is 14.3 Å². The number of amides is 1. The molecule has 1 aromatic rings. The Bertz CT molecular complexity index is 479. The molecule has 0 aliphatic rings. The van der Waals surface area contributed by atoms with E-state index in [0.29, 0.717) is 6.54 Å². The van der Waals surface area contributed by atoms with Gasteiger partial charge in [0.15, 0.2) is 0 Å². The number of carbonyl (C=O) groups excluding carboxylic acids is 2. The summed E-state index contributed by atoms with van der Waals surface area (Å²) in [6, 6.07) is 2.01. The molecular formula is C14H19NO3S. The smallest absolute Gasteiger partial charge is 0.310 e. The van der Waals surface area contributed by atoms with Crippen molar-refractivity contribution < 1.29 is 14.3 Å². The van der Waals surface area contributed by atoms with Crippen LogP contribution in [-0.4, -0.2) is 37.5 Å². The highest BCUT2D eigenvalue weighted by Gasteiger charge is 2.17. The number of hydrogen-bond acceptors (Lipinski definition) is 4. The van der Waals surface area contributed by atoms with Crippen LogP contribution in [0.1, 0.15) is 17.4 Å². The summed E-state index contributed by atoms with van der Waals surface area (Å²) in [5.41, 5.74) is 1.15. The van der Waals surface area contributed by atoms with Crippen molar-refractivity contribution >= 4 is 29.3 Å². The van der Waals surface area contributed by atoms with Crippen molar-refractivity contribution in [3.63, 3.8) is 0 Å². The molecule has 0 fully saturated rings. The van der Waals surface area contributed by atoms with Gasteiger partial charge in [0.1, 0.15) is 0 Å². The minimum absolute atomic E-state index is 0.122. The summed E-state index contributed by atoms with van der Waals surface area (Å²) < 4.78 is 4.63. The molecular weight excluding hydrogens is 262 g/mol. The first-order valence-corrected chi connectivity index (χ1v) is 6.88. The number of esters is 1. The van der Waals surface area contributed by atoms with E-state index in [1.54, 1.807) is 25.3 Å². The molecule has 5 heteroatoms. The first-order valence-electron chi connectivity index (χ1n) is 6.00. The van der Waals surface area contributed by atoms with Gasteiger partial charge in [0.2, 0.25) is 5.91 Å². The van der Waals surface area contributed by atoms with Gasteiger partial charge in [0.25, 0.3) is 0 Å². The average molecular weight is 281 g/mol. The Hall–Kier alpha value is -1.62. The number of thiophene rings is 1. The molecule has 1 rings (SSSR count). The Morgan fingerprint density at radius 3 is 2.74 bits per heavy atom. The zero-order valence-corrected chi connectivity index (χ0v) is 12.5. The third kappa shape index (κ3) is 4.52. The minimum Gasteiger partial charge on any atom is -0.469 e. The van der Waals surface area contributed by atoms with Gasteiger partial charge in [0.05, 0.1) is 13.0 Å². The Morgan fingerprint density at radius 1 is 1.53 bits per heavy atom. The Morgan fingerprint density at radius 2 is 2.21 bits per heavy atom. The van der Waals surface area contributed by atoms with Crippen molar-refractivity contribution in [2.24, 2.45) is 5.92 Å².